The van der Waals surface area contributed by atoms with Crippen molar-refractivity contribution in [3.05, 3.63) is 28.8 Å². The molecule has 1 N–H and O–H groups in total. The molecule has 0 radical (unpaired) electrons. The number of nitrogens with zero attached hydrogens (tertiary/aromatic N) is 2. The van der Waals surface area contributed by atoms with E-state index in [1.165, 1.54) is 0 Å². The molecule has 2 aliphatic carbocycles. The van der Waals surface area contributed by atoms with Gasteiger partial charge in [-0.1, -0.05) is 18.5 Å². The molecule has 5 heteroatoms. The topological polar surface area (TPSA) is 56.1 Å². The van der Waals surface area contributed by atoms with Crippen molar-refractivity contribution in [1.82, 2.24) is 4.90 Å². The number of hydrogen-bond acceptors (Lipinski definition) is 2. The number of piperidine rings is 1. The summed E-state index contributed by atoms with van der Waals surface area (Å²) in [5.41, 5.74) is 1.77. The van der Waals surface area contributed by atoms with Crippen molar-refractivity contribution < 1.29 is 4.79 Å². The SMILES string of the molecule is CC1CC2CC(C1)N2C(=O)Nc1ccc(Cl)c([C@@H]2CC[C@@H]2C#N)c1. The van der Waals surface area contributed by atoms with Gasteiger partial charge in [-0.15, -0.1) is 0 Å². The Labute approximate surface area is 147 Å². The lowest BCUT2D eigenvalue weighted by molar-refractivity contribution is -0.00601. The molecular weight excluding hydrogens is 322 g/mol. The molecule has 2 saturated carbocycles. The Hall–Kier alpha value is -1.73. The van der Waals surface area contributed by atoms with Crippen molar-refractivity contribution in [2.45, 2.75) is 57.0 Å². The molecule has 0 aromatic heterocycles. The van der Waals surface area contributed by atoms with Gasteiger partial charge >= 0.3 is 6.03 Å². The van der Waals surface area contributed by atoms with Crippen LogP contribution in [-0.4, -0.2) is 23.0 Å². The lowest BCUT2D eigenvalue weighted by Gasteiger charge is -2.54. The molecule has 24 heavy (non-hydrogen) atoms. The van der Waals surface area contributed by atoms with Crippen molar-refractivity contribution >= 4 is 23.3 Å². The zero-order chi connectivity index (χ0) is 16.8. The van der Waals surface area contributed by atoms with Crippen LogP contribution in [0.4, 0.5) is 10.5 Å². The molecule has 4 atom stereocenters. The number of nitrogens with one attached hydrogen (secondary N) is 1. The number of hydrogen-bond donors (Lipinski definition) is 1. The molecule has 4 fully saturated rings. The number of carbonyl (C=O) groups excluding carboxylic acids is 1. The summed E-state index contributed by atoms with van der Waals surface area (Å²) >= 11 is 6.32. The van der Waals surface area contributed by atoms with Crippen LogP contribution in [0.2, 0.25) is 5.02 Å². The maximum absolute atomic E-state index is 12.6. The molecule has 2 amide bonds. The van der Waals surface area contributed by atoms with Crippen LogP contribution in [-0.2, 0) is 0 Å². The minimum atomic E-state index is 0.00173. The molecule has 2 saturated heterocycles. The van der Waals surface area contributed by atoms with Gasteiger partial charge in [0.1, 0.15) is 0 Å². The Morgan fingerprint density at radius 2 is 2.04 bits per heavy atom. The normalized spacial score (nSPS) is 33.9. The van der Waals surface area contributed by atoms with Crippen LogP contribution in [0.3, 0.4) is 0 Å². The number of anilines is 1. The quantitative estimate of drug-likeness (QED) is 0.841. The van der Waals surface area contributed by atoms with Gasteiger partial charge in [0.05, 0.1) is 12.0 Å². The first-order valence-electron chi connectivity index (χ1n) is 8.85. The molecule has 2 aliphatic heterocycles. The molecule has 1 aromatic rings. The number of rotatable bonds is 2. The van der Waals surface area contributed by atoms with Gasteiger partial charge in [0, 0.05) is 28.7 Å². The third-order valence-corrected chi connectivity index (χ3v) is 6.35. The van der Waals surface area contributed by atoms with E-state index in [-0.39, 0.29) is 17.9 Å². The fourth-order valence-electron chi connectivity index (χ4n) is 4.60. The minimum absolute atomic E-state index is 0.00173. The summed E-state index contributed by atoms with van der Waals surface area (Å²) in [5.74, 6) is 0.967. The summed E-state index contributed by atoms with van der Waals surface area (Å²) in [7, 11) is 0. The van der Waals surface area contributed by atoms with Crippen LogP contribution >= 0.6 is 11.6 Å². The summed E-state index contributed by atoms with van der Waals surface area (Å²) in [6.45, 7) is 2.27. The highest BCUT2D eigenvalue weighted by molar-refractivity contribution is 6.31. The van der Waals surface area contributed by atoms with Crippen LogP contribution in [0.1, 0.15) is 50.5 Å². The monoisotopic (exact) mass is 343 g/mol. The largest absolute Gasteiger partial charge is 0.322 e. The summed E-state index contributed by atoms with van der Waals surface area (Å²) in [6, 6.07) is 8.79. The van der Waals surface area contributed by atoms with E-state index in [1.54, 1.807) is 0 Å². The molecule has 5 rings (SSSR count). The summed E-state index contributed by atoms with van der Waals surface area (Å²) in [6.07, 6.45) is 5.30. The standard InChI is InChI=1S/C19H22ClN3O/c1-11-6-14-9-15(7-11)23(14)19(24)22-13-3-5-18(20)17(8-13)16-4-2-12(16)10-21/h3,5,8,11-12,14-16H,2,4,6-7,9H2,1H3,(H,22,24)/t11?,12-,14?,15?,16-/m1/s1. The lowest BCUT2D eigenvalue weighted by Crippen LogP contribution is -2.63. The van der Waals surface area contributed by atoms with E-state index in [1.807, 2.05) is 23.1 Å². The Balaban J connectivity index is 1.47. The van der Waals surface area contributed by atoms with E-state index >= 15 is 0 Å². The van der Waals surface area contributed by atoms with E-state index in [0.29, 0.717) is 17.1 Å². The molecule has 1 aromatic carbocycles. The Bertz CT molecular complexity index is 701. The number of benzene rings is 1. The second-order valence-electron chi connectivity index (χ2n) is 7.61. The lowest BCUT2D eigenvalue weighted by atomic mass is 9.71. The predicted octanol–water partition coefficient (Wildman–Crippen LogP) is 4.76. The number of urea groups is 1. The zero-order valence-corrected chi connectivity index (χ0v) is 14.6. The van der Waals surface area contributed by atoms with Gasteiger partial charge in [0.25, 0.3) is 0 Å². The molecule has 4 nitrogen and oxygen atoms in total. The number of carbonyl (C=O) groups is 1. The summed E-state index contributed by atoms with van der Waals surface area (Å²) in [4.78, 5) is 14.6. The van der Waals surface area contributed by atoms with Gasteiger partial charge in [0.2, 0.25) is 0 Å². The second kappa shape index (κ2) is 5.97. The Kier molecular flexibility index (Phi) is 3.92. The molecule has 2 unspecified atom stereocenters. The van der Waals surface area contributed by atoms with Gasteiger partial charge in [0.15, 0.2) is 0 Å². The van der Waals surface area contributed by atoms with Gasteiger partial charge in [-0.2, -0.15) is 5.26 Å². The van der Waals surface area contributed by atoms with Crippen LogP contribution in [0.25, 0.3) is 0 Å². The van der Waals surface area contributed by atoms with Crippen molar-refractivity contribution in [2.24, 2.45) is 11.8 Å². The van der Waals surface area contributed by atoms with Crippen molar-refractivity contribution in [3.8, 4) is 6.07 Å². The molecule has 4 aliphatic rings. The fourth-order valence-corrected chi connectivity index (χ4v) is 4.86. The van der Waals surface area contributed by atoms with E-state index < -0.39 is 0 Å². The van der Waals surface area contributed by atoms with E-state index in [9.17, 15) is 10.1 Å². The van der Waals surface area contributed by atoms with Gasteiger partial charge in [-0.05, 0) is 61.8 Å². The molecular formula is C19H22ClN3O. The molecule has 2 heterocycles. The third kappa shape index (κ3) is 2.56. The minimum Gasteiger partial charge on any atom is -0.318 e. The van der Waals surface area contributed by atoms with Crippen molar-refractivity contribution in [2.75, 3.05) is 5.32 Å². The molecule has 2 bridgehead atoms. The fraction of sp³-hybridized carbons (Fsp3) is 0.579. The van der Waals surface area contributed by atoms with Gasteiger partial charge in [-0.25, -0.2) is 4.79 Å². The maximum atomic E-state index is 12.6. The first-order valence-corrected chi connectivity index (χ1v) is 9.23. The summed E-state index contributed by atoms with van der Waals surface area (Å²) < 4.78 is 0. The predicted molar refractivity (Wildman–Crippen MR) is 94.0 cm³/mol. The van der Waals surface area contributed by atoms with E-state index in [0.717, 1.165) is 49.3 Å². The van der Waals surface area contributed by atoms with Crippen molar-refractivity contribution in [3.63, 3.8) is 0 Å². The summed E-state index contributed by atoms with van der Waals surface area (Å²) in [5, 5.41) is 12.9. The highest BCUT2D eigenvalue weighted by atomic mass is 35.5. The Morgan fingerprint density at radius 1 is 1.29 bits per heavy atom. The second-order valence-corrected chi connectivity index (χ2v) is 8.02. The molecule has 126 valence electrons. The first kappa shape index (κ1) is 15.8. The molecule has 0 spiro atoms. The first-order chi connectivity index (χ1) is 11.6. The van der Waals surface area contributed by atoms with E-state index in [4.69, 9.17) is 11.6 Å². The highest BCUT2D eigenvalue weighted by Gasteiger charge is 2.46. The van der Waals surface area contributed by atoms with Gasteiger partial charge < -0.3 is 10.2 Å². The highest BCUT2D eigenvalue weighted by Crippen LogP contribution is 2.45. The van der Waals surface area contributed by atoms with Crippen LogP contribution in [0.15, 0.2) is 18.2 Å². The number of halogens is 1. The van der Waals surface area contributed by atoms with E-state index in [2.05, 4.69) is 18.3 Å². The number of amides is 2. The maximum Gasteiger partial charge on any atom is 0.322 e. The van der Waals surface area contributed by atoms with Gasteiger partial charge in [-0.3, -0.25) is 0 Å². The third-order valence-electron chi connectivity index (χ3n) is 6.00. The average Bonchev–Trinajstić information content (AvgIpc) is 2.49. The van der Waals surface area contributed by atoms with Crippen LogP contribution < -0.4 is 5.32 Å². The average molecular weight is 344 g/mol. The zero-order valence-electron chi connectivity index (χ0n) is 13.8. The van der Waals surface area contributed by atoms with Crippen LogP contribution in [0, 0.1) is 23.2 Å². The van der Waals surface area contributed by atoms with Crippen LogP contribution in [0.5, 0.6) is 0 Å². The van der Waals surface area contributed by atoms with Crippen molar-refractivity contribution in [1.29, 1.82) is 5.26 Å². The Morgan fingerprint density at radius 3 is 2.67 bits per heavy atom. The number of fused-ring (bicyclic) bond motifs is 2. The smallest absolute Gasteiger partial charge is 0.318 e. The number of nitriles is 1.